The molecule has 5 rings (SSSR count). The van der Waals surface area contributed by atoms with E-state index in [4.69, 9.17) is 14.2 Å². The first kappa shape index (κ1) is 28.3. The average molecular weight is 559 g/mol. The maximum Gasteiger partial charge on any atom is 0.511 e. The zero-order chi connectivity index (χ0) is 28.6. The summed E-state index contributed by atoms with van der Waals surface area (Å²) < 4.78 is 17.3. The summed E-state index contributed by atoms with van der Waals surface area (Å²) in [6.45, 7) is 2.77. The Morgan fingerprint density at radius 1 is 0.976 bits per heavy atom. The molecule has 9 nitrogen and oxygen atoms in total. The number of carbonyl (C=O) groups excluding carboxylic acids is 2. The monoisotopic (exact) mass is 558 g/mol. The van der Waals surface area contributed by atoms with Crippen LogP contribution in [0, 0.1) is 0 Å². The molecule has 0 saturated carbocycles. The van der Waals surface area contributed by atoms with Crippen LogP contribution in [0.1, 0.15) is 30.4 Å². The summed E-state index contributed by atoms with van der Waals surface area (Å²) in [5.74, 6) is 0. The topological polar surface area (TPSA) is 76.5 Å². The lowest BCUT2D eigenvalue weighted by Crippen LogP contribution is -2.38. The Kier molecular flexibility index (Phi) is 9.26. The van der Waals surface area contributed by atoms with Crippen LogP contribution in [0.3, 0.4) is 0 Å². The number of benzene rings is 2. The maximum atomic E-state index is 12.8. The molecule has 1 aromatic heterocycles. The highest BCUT2D eigenvalue weighted by Gasteiger charge is 2.25. The molecule has 1 fully saturated rings. The van der Waals surface area contributed by atoms with Gasteiger partial charge in [0.05, 0.1) is 5.52 Å². The molecule has 1 saturated heterocycles. The van der Waals surface area contributed by atoms with E-state index in [0.717, 1.165) is 55.5 Å². The van der Waals surface area contributed by atoms with Gasteiger partial charge in [-0.25, -0.2) is 9.59 Å². The second-order valence-electron chi connectivity index (χ2n) is 10.7. The highest BCUT2D eigenvalue weighted by Crippen LogP contribution is 2.25. The third-order valence-electron chi connectivity index (χ3n) is 7.44. The van der Waals surface area contributed by atoms with Crippen LogP contribution in [0.25, 0.3) is 10.9 Å². The van der Waals surface area contributed by atoms with Crippen molar-refractivity contribution in [3.8, 4) is 0 Å². The van der Waals surface area contributed by atoms with E-state index in [1.807, 2.05) is 44.4 Å². The Labute approximate surface area is 241 Å². The van der Waals surface area contributed by atoms with E-state index >= 15 is 0 Å². The summed E-state index contributed by atoms with van der Waals surface area (Å²) in [5, 5.41) is 1.00. The molecule has 3 aromatic rings. The number of hydrogen-bond acceptors (Lipinski definition) is 8. The molecular weight excluding hydrogens is 520 g/mol. The van der Waals surface area contributed by atoms with Crippen LogP contribution in [0.2, 0.25) is 0 Å². The van der Waals surface area contributed by atoms with Crippen LogP contribution in [-0.4, -0.2) is 78.1 Å². The van der Waals surface area contributed by atoms with Gasteiger partial charge in [-0.2, -0.15) is 0 Å². The largest absolute Gasteiger partial charge is 0.511 e. The van der Waals surface area contributed by atoms with Gasteiger partial charge >= 0.3 is 12.2 Å². The SMILES string of the molecule is CN(C)CCc1cn(C(=O)OCOC(=O)OC2CCN(C3=CN(Cc4ccccc4)C=CC3)CC2)c2ccccc12. The van der Waals surface area contributed by atoms with Crippen molar-refractivity contribution in [1.82, 2.24) is 19.3 Å². The van der Waals surface area contributed by atoms with E-state index in [1.165, 1.54) is 15.8 Å². The van der Waals surface area contributed by atoms with E-state index < -0.39 is 19.0 Å². The molecular formula is C32H38N4O5. The summed E-state index contributed by atoms with van der Waals surface area (Å²) in [6.07, 6.45) is 9.74. The van der Waals surface area contributed by atoms with Gasteiger partial charge in [-0.05, 0) is 37.7 Å². The van der Waals surface area contributed by atoms with Crippen molar-refractivity contribution in [1.29, 1.82) is 0 Å². The highest BCUT2D eigenvalue weighted by molar-refractivity contribution is 5.92. The van der Waals surface area contributed by atoms with Gasteiger partial charge in [0.2, 0.25) is 6.79 Å². The summed E-state index contributed by atoms with van der Waals surface area (Å²) in [6, 6.07) is 18.1. The standard InChI is InChI=1S/C32H38N4O5/c1-33(2)18-14-26-22-36(30-13-7-6-12-29(26)30)31(37)39-24-40-32(38)41-28-15-19-35(20-16-28)27-11-8-17-34(23-27)21-25-9-4-3-5-10-25/h3-10,12-13,17,22-23,28H,11,14-16,18-21,24H2,1-2H3. The number of allylic oxidation sites excluding steroid dienone is 1. The van der Waals surface area contributed by atoms with Crippen molar-refractivity contribution in [2.45, 2.75) is 38.3 Å². The molecule has 3 heterocycles. The lowest BCUT2D eigenvalue weighted by Gasteiger charge is -2.36. The molecule has 0 atom stereocenters. The molecule has 0 amide bonds. The normalized spacial score (nSPS) is 15.7. The number of carbonyl (C=O) groups is 2. The fourth-order valence-corrected chi connectivity index (χ4v) is 5.27. The Balaban J connectivity index is 1.05. The number of nitrogens with zero attached hydrogens (tertiary/aromatic N) is 4. The first-order chi connectivity index (χ1) is 20.0. The molecule has 2 aliphatic heterocycles. The van der Waals surface area contributed by atoms with Gasteiger partial charge in [0, 0.05) is 75.1 Å². The van der Waals surface area contributed by atoms with Crippen LogP contribution in [-0.2, 0) is 27.2 Å². The van der Waals surface area contributed by atoms with Crippen LogP contribution >= 0.6 is 0 Å². The Morgan fingerprint density at radius 3 is 2.51 bits per heavy atom. The Morgan fingerprint density at radius 2 is 1.73 bits per heavy atom. The zero-order valence-electron chi connectivity index (χ0n) is 23.8. The predicted octanol–water partition coefficient (Wildman–Crippen LogP) is 5.57. The van der Waals surface area contributed by atoms with Crippen LogP contribution in [0.15, 0.2) is 85.0 Å². The third kappa shape index (κ3) is 7.49. The molecule has 0 radical (unpaired) electrons. The predicted molar refractivity (Wildman–Crippen MR) is 157 cm³/mol. The van der Waals surface area contributed by atoms with E-state index in [0.29, 0.717) is 12.8 Å². The molecule has 0 unspecified atom stereocenters. The van der Waals surface area contributed by atoms with Crippen molar-refractivity contribution < 1.29 is 23.8 Å². The zero-order valence-corrected chi connectivity index (χ0v) is 23.8. The lowest BCUT2D eigenvalue weighted by molar-refractivity contribution is -0.0383. The Bertz CT molecular complexity index is 1390. The lowest BCUT2D eigenvalue weighted by atomic mass is 10.1. The summed E-state index contributed by atoms with van der Waals surface area (Å²) >= 11 is 0. The Hall–Kier alpha value is -4.24. The number of piperidine rings is 1. The van der Waals surface area contributed by atoms with Crippen molar-refractivity contribution in [2.75, 3.05) is 40.5 Å². The minimum Gasteiger partial charge on any atom is -0.431 e. The fourth-order valence-electron chi connectivity index (χ4n) is 5.27. The first-order valence-corrected chi connectivity index (χ1v) is 14.1. The van der Waals surface area contributed by atoms with Gasteiger partial charge < -0.3 is 28.9 Å². The molecule has 41 heavy (non-hydrogen) atoms. The van der Waals surface area contributed by atoms with Gasteiger partial charge in [0.1, 0.15) is 6.10 Å². The van der Waals surface area contributed by atoms with Crippen LogP contribution < -0.4 is 0 Å². The number of ether oxygens (including phenoxy) is 3. The van der Waals surface area contributed by atoms with E-state index in [9.17, 15) is 9.59 Å². The fraction of sp³-hybridized carbons (Fsp3) is 0.375. The van der Waals surface area contributed by atoms with Crippen molar-refractivity contribution in [3.05, 3.63) is 96.1 Å². The molecule has 2 aliphatic rings. The van der Waals surface area contributed by atoms with Gasteiger partial charge in [-0.1, -0.05) is 54.6 Å². The minimum atomic E-state index is -0.825. The molecule has 0 aliphatic carbocycles. The second-order valence-corrected chi connectivity index (χ2v) is 10.7. The number of hydrogen-bond donors (Lipinski definition) is 0. The van der Waals surface area contributed by atoms with E-state index in [-0.39, 0.29) is 6.10 Å². The number of aromatic nitrogens is 1. The van der Waals surface area contributed by atoms with E-state index in [1.54, 1.807) is 6.20 Å². The maximum absolute atomic E-state index is 12.8. The quantitative estimate of drug-likeness (QED) is 0.249. The average Bonchev–Trinajstić information content (AvgIpc) is 3.36. The van der Waals surface area contributed by atoms with Crippen LogP contribution in [0.4, 0.5) is 9.59 Å². The summed E-state index contributed by atoms with van der Waals surface area (Å²) in [5.41, 5.74) is 4.34. The van der Waals surface area contributed by atoms with Crippen molar-refractivity contribution >= 4 is 23.2 Å². The summed E-state index contributed by atoms with van der Waals surface area (Å²) in [4.78, 5) is 31.7. The second kappa shape index (κ2) is 13.4. The molecule has 0 N–H and O–H groups in total. The van der Waals surface area contributed by atoms with Crippen molar-refractivity contribution in [2.24, 2.45) is 0 Å². The van der Waals surface area contributed by atoms with Gasteiger partial charge in [0.15, 0.2) is 0 Å². The number of rotatable bonds is 9. The van der Waals surface area contributed by atoms with Gasteiger partial charge in [-0.15, -0.1) is 0 Å². The smallest absolute Gasteiger partial charge is 0.431 e. The summed E-state index contributed by atoms with van der Waals surface area (Å²) in [7, 11) is 4.03. The molecule has 216 valence electrons. The highest BCUT2D eigenvalue weighted by atomic mass is 16.8. The molecule has 0 bridgehead atoms. The van der Waals surface area contributed by atoms with Crippen molar-refractivity contribution in [3.63, 3.8) is 0 Å². The van der Waals surface area contributed by atoms with Crippen LogP contribution in [0.5, 0.6) is 0 Å². The van der Waals surface area contributed by atoms with E-state index in [2.05, 4.69) is 57.4 Å². The number of fused-ring (bicyclic) bond motifs is 1. The number of para-hydroxylation sites is 1. The minimum absolute atomic E-state index is 0.234. The van der Waals surface area contributed by atoms with Gasteiger partial charge in [-0.3, -0.25) is 4.57 Å². The third-order valence-corrected chi connectivity index (χ3v) is 7.44. The van der Waals surface area contributed by atoms with Gasteiger partial charge in [0.25, 0.3) is 0 Å². The number of likely N-dealkylation sites (tertiary alicyclic amines) is 1. The first-order valence-electron chi connectivity index (χ1n) is 14.1. The number of likely N-dealkylation sites (N-methyl/N-ethyl adjacent to an activating group) is 1. The molecule has 9 heteroatoms. The molecule has 0 spiro atoms. The molecule has 2 aromatic carbocycles.